The molecule has 0 aliphatic heterocycles. The van der Waals surface area contributed by atoms with Gasteiger partial charge in [-0.3, -0.25) is 9.78 Å². The number of halogens is 1. The number of likely N-dealkylation sites (N-methyl/N-ethyl adjacent to an activating group) is 1. The Kier molecular flexibility index (Phi) is 4.73. The van der Waals surface area contributed by atoms with Gasteiger partial charge in [0.2, 0.25) is 5.91 Å². The van der Waals surface area contributed by atoms with E-state index in [4.69, 9.17) is 0 Å². The molecule has 0 saturated carbocycles. The number of rotatable bonds is 4. The second kappa shape index (κ2) is 6.33. The van der Waals surface area contributed by atoms with E-state index in [1.54, 1.807) is 25.2 Å². The lowest BCUT2D eigenvalue weighted by Gasteiger charge is -2.18. The van der Waals surface area contributed by atoms with Gasteiger partial charge >= 0.3 is 0 Å². The molecule has 2 rings (SSSR count). The van der Waals surface area contributed by atoms with Gasteiger partial charge in [0.15, 0.2) is 0 Å². The Morgan fingerprint density at radius 1 is 1.40 bits per heavy atom. The molecule has 106 valence electrons. The van der Waals surface area contributed by atoms with Gasteiger partial charge in [0.25, 0.3) is 0 Å². The van der Waals surface area contributed by atoms with Gasteiger partial charge in [-0.05, 0) is 24.6 Å². The summed E-state index contributed by atoms with van der Waals surface area (Å²) in [4.78, 5) is 17.8. The van der Waals surface area contributed by atoms with Crippen LogP contribution in [0.15, 0.2) is 34.9 Å². The number of aromatic nitrogens is 1. The highest BCUT2D eigenvalue weighted by Crippen LogP contribution is 2.25. The van der Waals surface area contributed by atoms with Crippen LogP contribution in [0, 0.1) is 0 Å². The highest BCUT2D eigenvalue weighted by atomic mass is 79.9. The third kappa shape index (κ3) is 3.16. The predicted molar refractivity (Wildman–Crippen MR) is 84.4 cm³/mol. The first-order chi connectivity index (χ1) is 9.50. The molecule has 2 aromatic rings. The average molecular weight is 336 g/mol. The molecule has 1 aromatic heterocycles. The zero-order chi connectivity index (χ0) is 14.7. The third-order valence-corrected chi connectivity index (χ3v) is 3.90. The first-order valence-corrected chi connectivity index (χ1v) is 7.26. The van der Waals surface area contributed by atoms with E-state index in [1.165, 1.54) is 0 Å². The summed E-state index contributed by atoms with van der Waals surface area (Å²) in [5.74, 6) is 0.0689. The highest BCUT2D eigenvalue weighted by molar-refractivity contribution is 9.10. The maximum absolute atomic E-state index is 11.8. The number of hydrogen-bond acceptors (Lipinski definition) is 3. The lowest BCUT2D eigenvalue weighted by molar-refractivity contribution is -0.130. The van der Waals surface area contributed by atoms with E-state index < -0.39 is 0 Å². The lowest BCUT2D eigenvalue weighted by atomic mass is 10.1. The molecule has 0 radical (unpaired) electrons. The fourth-order valence-corrected chi connectivity index (χ4v) is 2.53. The summed E-state index contributed by atoms with van der Waals surface area (Å²) < 4.78 is 1.03. The van der Waals surface area contributed by atoms with Gasteiger partial charge in [-0.15, -0.1) is 0 Å². The normalized spacial score (nSPS) is 12.4. The van der Waals surface area contributed by atoms with Gasteiger partial charge in [-0.25, -0.2) is 0 Å². The van der Waals surface area contributed by atoms with Gasteiger partial charge in [0.1, 0.15) is 0 Å². The Morgan fingerprint density at radius 2 is 2.15 bits per heavy atom. The molecule has 1 aromatic carbocycles. The largest absolute Gasteiger partial charge is 0.347 e. The first kappa shape index (κ1) is 14.9. The predicted octanol–water partition coefficient (Wildman–Crippen LogP) is 2.56. The van der Waals surface area contributed by atoms with Crippen molar-refractivity contribution in [3.8, 4) is 0 Å². The Morgan fingerprint density at radius 3 is 2.85 bits per heavy atom. The maximum Gasteiger partial charge on any atom is 0.238 e. The van der Waals surface area contributed by atoms with Crippen molar-refractivity contribution in [2.24, 2.45) is 0 Å². The van der Waals surface area contributed by atoms with Crippen molar-refractivity contribution >= 4 is 32.7 Å². The Balaban J connectivity index is 2.19. The van der Waals surface area contributed by atoms with E-state index in [-0.39, 0.29) is 11.9 Å². The number of carbonyl (C=O) groups is 1. The van der Waals surface area contributed by atoms with E-state index in [2.05, 4.69) is 26.2 Å². The summed E-state index contributed by atoms with van der Waals surface area (Å²) in [5, 5.41) is 4.33. The molecule has 0 aliphatic carbocycles. The van der Waals surface area contributed by atoms with E-state index in [1.807, 2.05) is 31.2 Å². The third-order valence-electron chi connectivity index (χ3n) is 3.21. The first-order valence-electron chi connectivity index (χ1n) is 6.47. The second-order valence-corrected chi connectivity index (χ2v) is 5.80. The molecule has 1 unspecified atom stereocenters. The number of carbonyl (C=O) groups excluding carboxylic acids is 1. The average Bonchev–Trinajstić information content (AvgIpc) is 2.45. The van der Waals surface area contributed by atoms with Crippen molar-refractivity contribution < 1.29 is 4.79 Å². The number of nitrogens with one attached hydrogen (secondary N) is 1. The smallest absolute Gasteiger partial charge is 0.238 e. The van der Waals surface area contributed by atoms with E-state index in [9.17, 15) is 4.79 Å². The van der Waals surface area contributed by atoms with Gasteiger partial charge < -0.3 is 10.2 Å². The highest BCUT2D eigenvalue weighted by Gasteiger charge is 2.14. The van der Waals surface area contributed by atoms with Crippen LogP contribution in [0.3, 0.4) is 0 Å². The van der Waals surface area contributed by atoms with Gasteiger partial charge in [0, 0.05) is 36.7 Å². The molecule has 0 spiro atoms. The van der Waals surface area contributed by atoms with Crippen molar-refractivity contribution in [1.82, 2.24) is 15.2 Å². The van der Waals surface area contributed by atoms with E-state index in [0.29, 0.717) is 6.54 Å². The minimum atomic E-state index is -0.215. The van der Waals surface area contributed by atoms with Crippen molar-refractivity contribution in [3.05, 3.63) is 40.5 Å². The molecule has 1 amide bonds. The summed E-state index contributed by atoms with van der Waals surface area (Å²) in [6.45, 7) is 2.48. The van der Waals surface area contributed by atoms with Gasteiger partial charge in [-0.1, -0.05) is 28.1 Å². The fourth-order valence-electron chi connectivity index (χ4n) is 2.08. The molecule has 1 heterocycles. The van der Waals surface area contributed by atoms with E-state index >= 15 is 0 Å². The minimum Gasteiger partial charge on any atom is -0.347 e. The maximum atomic E-state index is 11.8. The van der Waals surface area contributed by atoms with Gasteiger partial charge in [0.05, 0.1) is 11.6 Å². The quantitative estimate of drug-likeness (QED) is 0.933. The van der Waals surface area contributed by atoms with Crippen LogP contribution in [-0.4, -0.2) is 35.9 Å². The molecule has 1 atom stereocenters. The second-order valence-electron chi connectivity index (χ2n) is 4.94. The fraction of sp³-hybridized carbons (Fsp3) is 0.333. The monoisotopic (exact) mass is 335 g/mol. The van der Waals surface area contributed by atoms with Crippen molar-refractivity contribution in [3.63, 3.8) is 0 Å². The number of hydrogen-bond donors (Lipinski definition) is 1. The van der Waals surface area contributed by atoms with Crippen molar-refractivity contribution in [1.29, 1.82) is 0 Å². The zero-order valence-corrected chi connectivity index (χ0v) is 13.4. The molecule has 4 nitrogen and oxygen atoms in total. The van der Waals surface area contributed by atoms with Crippen LogP contribution in [0.25, 0.3) is 10.9 Å². The van der Waals surface area contributed by atoms with E-state index in [0.717, 1.165) is 20.9 Å². The molecular formula is C15H18BrN3O. The standard InChI is InChI=1S/C15H18BrN3O/c1-10(15(20)19(2)3)18-9-11-6-7-13(16)12-5-4-8-17-14(11)12/h4-8,10,18H,9H2,1-3H3. The molecule has 0 fully saturated rings. The molecule has 0 bridgehead atoms. The number of pyridine rings is 1. The molecule has 0 saturated heterocycles. The van der Waals surface area contributed by atoms with Crippen LogP contribution < -0.4 is 5.32 Å². The molecule has 1 N–H and O–H groups in total. The lowest BCUT2D eigenvalue weighted by Crippen LogP contribution is -2.41. The number of nitrogens with zero attached hydrogens (tertiary/aromatic N) is 2. The SMILES string of the molecule is CC(NCc1ccc(Br)c2cccnc12)C(=O)N(C)C. The van der Waals surface area contributed by atoms with Crippen molar-refractivity contribution in [2.75, 3.05) is 14.1 Å². The number of benzene rings is 1. The molecule has 5 heteroatoms. The van der Waals surface area contributed by atoms with Gasteiger partial charge in [-0.2, -0.15) is 0 Å². The molecule has 0 aliphatic rings. The summed E-state index contributed by atoms with van der Waals surface area (Å²) in [7, 11) is 3.52. The minimum absolute atomic E-state index is 0.0689. The number of fused-ring (bicyclic) bond motifs is 1. The number of amides is 1. The van der Waals surface area contributed by atoms with Crippen LogP contribution in [0.5, 0.6) is 0 Å². The topological polar surface area (TPSA) is 45.2 Å². The Labute approximate surface area is 127 Å². The summed E-state index contributed by atoms with van der Waals surface area (Å²) >= 11 is 3.53. The summed E-state index contributed by atoms with van der Waals surface area (Å²) in [6, 6.07) is 7.78. The van der Waals surface area contributed by atoms with Crippen molar-refractivity contribution in [2.45, 2.75) is 19.5 Å². The summed E-state index contributed by atoms with van der Waals surface area (Å²) in [6.07, 6.45) is 1.78. The Hall–Kier alpha value is -1.46. The van der Waals surface area contributed by atoms with Crippen LogP contribution in [0.2, 0.25) is 0 Å². The Bertz CT molecular complexity index is 628. The van der Waals surface area contributed by atoms with Crippen LogP contribution in [0.1, 0.15) is 12.5 Å². The van der Waals surface area contributed by atoms with Crippen LogP contribution in [0.4, 0.5) is 0 Å². The molecule has 20 heavy (non-hydrogen) atoms. The van der Waals surface area contributed by atoms with Crippen LogP contribution in [-0.2, 0) is 11.3 Å². The zero-order valence-electron chi connectivity index (χ0n) is 11.9. The van der Waals surface area contributed by atoms with Crippen LogP contribution >= 0.6 is 15.9 Å². The molecular weight excluding hydrogens is 318 g/mol. The summed E-state index contributed by atoms with van der Waals surface area (Å²) in [5.41, 5.74) is 2.04.